The number of hydrogen-bond donors (Lipinski definition) is 2. The van der Waals surface area contributed by atoms with Crippen molar-refractivity contribution >= 4 is 17.4 Å². The van der Waals surface area contributed by atoms with Crippen LogP contribution in [0.1, 0.15) is 30.8 Å². The van der Waals surface area contributed by atoms with E-state index < -0.39 is 0 Å². The van der Waals surface area contributed by atoms with Crippen molar-refractivity contribution in [3.05, 3.63) is 46.2 Å². The fourth-order valence-electron chi connectivity index (χ4n) is 2.06. The number of halogens is 1. The number of oxime groups is 1. The van der Waals surface area contributed by atoms with Crippen molar-refractivity contribution in [3.8, 4) is 5.69 Å². The molecule has 0 atom stereocenters. The van der Waals surface area contributed by atoms with E-state index in [1.165, 1.54) is 0 Å². The van der Waals surface area contributed by atoms with Crippen LogP contribution in [0.25, 0.3) is 5.69 Å². The first-order valence-electron chi connectivity index (χ1n) is 6.46. The fourth-order valence-corrected chi connectivity index (χ4v) is 2.23. The number of amidine groups is 1. The van der Waals surface area contributed by atoms with Crippen LogP contribution in [0, 0.1) is 0 Å². The lowest BCUT2D eigenvalue weighted by Crippen LogP contribution is -2.17. The molecule has 20 heavy (non-hydrogen) atoms. The Morgan fingerprint density at radius 1 is 1.35 bits per heavy atom. The van der Waals surface area contributed by atoms with E-state index in [9.17, 15) is 0 Å². The third-order valence-corrected chi connectivity index (χ3v) is 3.36. The zero-order valence-electron chi connectivity index (χ0n) is 11.5. The molecular weight excluding hydrogens is 276 g/mol. The molecule has 3 N–H and O–H groups in total. The predicted octanol–water partition coefficient (Wildman–Crippen LogP) is 2.75. The van der Waals surface area contributed by atoms with E-state index >= 15 is 0 Å². The molecule has 1 heterocycles. The van der Waals surface area contributed by atoms with Gasteiger partial charge in [-0.1, -0.05) is 30.6 Å². The minimum atomic E-state index is 0.0121. The Labute approximate surface area is 122 Å². The van der Waals surface area contributed by atoms with Crippen molar-refractivity contribution in [2.75, 3.05) is 0 Å². The van der Waals surface area contributed by atoms with Gasteiger partial charge in [0.05, 0.1) is 11.4 Å². The van der Waals surface area contributed by atoms with Gasteiger partial charge in [0.15, 0.2) is 5.84 Å². The van der Waals surface area contributed by atoms with E-state index in [1.807, 2.05) is 10.7 Å². The van der Waals surface area contributed by atoms with Crippen molar-refractivity contribution < 1.29 is 5.21 Å². The maximum Gasteiger partial charge on any atom is 0.172 e. The summed E-state index contributed by atoms with van der Waals surface area (Å²) in [6.45, 7) is 4.12. The average Bonchev–Trinajstić information content (AvgIpc) is 2.89. The number of aromatic nitrogens is 2. The molecule has 0 unspecified atom stereocenters. The second kappa shape index (κ2) is 5.96. The minimum Gasteiger partial charge on any atom is -0.409 e. The second-order valence-corrected chi connectivity index (χ2v) is 4.83. The van der Waals surface area contributed by atoms with Crippen LogP contribution in [0.3, 0.4) is 0 Å². The van der Waals surface area contributed by atoms with Gasteiger partial charge in [-0.15, -0.1) is 0 Å². The Bertz CT molecular complexity index is 649. The summed E-state index contributed by atoms with van der Waals surface area (Å²) in [7, 11) is 0. The molecule has 2 rings (SSSR count). The molecular formula is C14H17ClN4O. The van der Waals surface area contributed by atoms with E-state index in [1.54, 1.807) is 12.1 Å². The summed E-state index contributed by atoms with van der Waals surface area (Å²) in [6.07, 6.45) is 1.69. The van der Waals surface area contributed by atoms with E-state index in [4.69, 9.17) is 22.5 Å². The summed E-state index contributed by atoms with van der Waals surface area (Å²) in [6, 6.07) is 7.31. The highest BCUT2D eigenvalue weighted by atomic mass is 35.5. The van der Waals surface area contributed by atoms with Gasteiger partial charge in [-0.3, -0.25) is 0 Å². The minimum absolute atomic E-state index is 0.0121. The van der Waals surface area contributed by atoms with Gasteiger partial charge in [-0.05, 0) is 37.1 Å². The molecule has 0 saturated heterocycles. The van der Waals surface area contributed by atoms with Crippen LogP contribution >= 0.6 is 11.6 Å². The van der Waals surface area contributed by atoms with Gasteiger partial charge in [-0.2, -0.15) is 5.10 Å². The maximum atomic E-state index is 8.92. The number of nitrogens with two attached hydrogens (primary N) is 1. The lowest BCUT2D eigenvalue weighted by atomic mass is 10.1. The summed E-state index contributed by atoms with van der Waals surface area (Å²) >= 11 is 5.99. The van der Waals surface area contributed by atoms with E-state index in [0.29, 0.717) is 10.6 Å². The van der Waals surface area contributed by atoms with Gasteiger partial charge >= 0.3 is 0 Å². The molecule has 106 valence electrons. The third kappa shape index (κ3) is 2.63. The van der Waals surface area contributed by atoms with Crippen molar-refractivity contribution in [2.45, 2.75) is 26.7 Å². The molecule has 0 fully saturated rings. The Morgan fingerprint density at radius 2 is 2.10 bits per heavy atom. The zero-order valence-corrected chi connectivity index (χ0v) is 12.2. The molecule has 6 heteroatoms. The number of nitrogens with zero attached hydrogens (tertiary/aromatic N) is 3. The number of benzene rings is 1. The first-order chi connectivity index (χ1) is 9.60. The first kappa shape index (κ1) is 14.4. The highest BCUT2D eigenvalue weighted by Gasteiger charge is 2.14. The van der Waals surface area contributed by atoms with Crippen molar-refractivity contribution in [3.63, 3.8) is 0 Å². The van der Waals surface area contributed by atoms with Crippen LogP contribution in [0.4, 0.5) is 0 Å². The number of hydrogen-bond acceptors (Lipinski definition) is 3. The summed E-state index contributed by atoms with van der Waals surface area (Å²) in [4.78, 5) is 0. The van der Waals surface area contributed by atoms with Crippen LogP contribution in [0.2, 0.25) is 5.02 Å². The highest BCUT2D eigenvalue weighted by Crippen LogP contribution is 2.22. The van der Waals surface area contributed by atoms with Crippen molar-refractivity contribution in [1.82, 2.24) is 9.78 Å². The molecule has 2 aromatic rings. The summed E-state index contributed by atoms with van der Waals surface area (Å²) < 4.78 is 1.82. The molecule has 0 bridgehead atoms. The fraction of sp³-hybridized carbons (Fsp3) is 0.286. The molecule has 1 aromatic heterocycles. The van der Waals surface area contributed by atoms with E-state index in [2.05, 4.69) is 30.2 Å². The first-order valence-corrected chi connectivity index (χ1v) is 6.84. The van der Waals surface area contributed by atoms with Crippen LogP contribution in [0.15, 0.2) is 29.4 Å². The largest absolute Gasteiger partial charge is 0.409 e. The van der Waals surface area contributed by atoms with Gasteiger partial charge in [0.25, 0.3) is 0 Å². The SMILES string of the molecule is CCc1cc(CC)n(-c2ccc(Cl)cc2/C(N)=N/O)n1. The molecule has 0 spiro atoms. The predicted molar refractivity (Wildman–Crippen MR) is 79.8 cm³/mol. The quantitative estimate of drug-likeness (QED) is 0.394. The molecule has 1 aromatic carbocycles. The van der Waals surface area contributed by atoms with E-state index in [0.717, 1.165) is 29.9 Å². The van der Waals surface area contributed by atoms with Crippen LogP contribution < -0.4 is 5.73 Å². The standard InChI is InChI=1S/C14H17ClN4O/c1-3-10-8-11(4-2)19(17-10)13-6-5-9(15)7-12(13)14(16)18-20/h5-8,20H,3-4H2,1-2H3,(H2,16,18). The molecule has 0 aliphatic carbocycles. The van der Waals surface area contributed by atoms with Gasteiger partial charge in [-0.25, -0.2) is 4.68 Å². The van der Waals surface area contributed by atoms with Gasteiger partial charge in [0.1, 0.15) is 0 Å². The monoisotopic (exact) mass is 292 g/mol. The number of aryl methyl sites for hydroxylation is 2. The second-order valence-electron chi connectivity index (χ2n) is 4.39. The van der Waals surface area contributed by atoms with Gasteiger partial charge in [0.2, 0.25) is 0 Å². The van der Waals surface area contributed by atoms with Crippen LogP contribution in [-0.4, -0.2) is 20.8 Å². The maximum absolute atomic E-state index is 8.92. The van der Waals surface area contributed by atoms with Crippen LogP contribution in [0.5, 0.6) is 0 Å². The lowest BCUT2D eigenvalue weighted by Gasteiger charge is -2.11. The van der Waals surface area contributed by atoms with Crippen molar-refractivity contribution in [1.29, 1.82) is 0 Å². The van der Waals surface area contributed by atoms with E-state index in [-0.39, 0.29) is 5.84 Å². The topological polar surface area (TPSA) is 76.4 Å². The molecule has 0 amide bonds. The molecule has 0 radical (unpaired) electrons. The van der Waals surface area contributed by atoms with Gasteiger partial charge < -0.3 is 10.9 Å². The number of rotatable bonds is 4. The van der Waals surface area contributed by atoms with Crippen LogP contribution in [-0.2, 0) is 12.8 Å². The summed E-state index contributed by atoms with van der Waals surface area (Å²) in [5.41, 5.74) is 9.11. The Morgan fingerprint density at radius 3 is 2.70 bits per heavy atom. The molecule has 0 saturated carbocycles. The normalized spacial score (nSPS) is 11.8. The summed E-state index contributed by atoms with van der Waals surface area (Å²) in [5.74, 6) is 0.0121. The molecule has 0 aliphatic heterocycles. The summed E-state index contributed by atoms with van der Waals surface area (Å²) in [5, 5.41) is 17.1. The third-order valence-electron chi connectivity index (χ3n) is 3.13. The van der Waals surface area contributed by atoms with Gasteiger partial charge in [0, 0.05) is 16.3 Å². The zero-order chi connectivity index (χ0) is 14.7. The Hall–Kier alpha value is -2.01. The lowest BCUT2D eigenvalue weighted by molar-refractivity contribution is 0.318. The molecule has 5 nitrogen and oxygen atoms in total. The molecule has 0 aliphatic rings. The smallest absolute Gasteiger partial charge is 0.172 e. The van der Waals surface area contributed by atoms with Crippen molar-refractivity contribution in [2.24, 2.45) is 10.9 Å². The Kier molecular flexibility index (Phi) is 4.29. The highest BCUT2D eigenvalue weighted by molar-refractivity contribution is 6.31. The average molecular weight is 293 g/mol. The Balaban J connectivity index is 2.66.